The molecule has 0 amide bonds. The second-order valence-corrected chi connectivity index (χ2v) is 4.99. The maximum absolute atomic E-state index is 10.7. The van der Waals surface area contributed by atoms with Crippen LogP contribution in [0.1, 0.15) is 73.1 Å². The van der Waals surface area contributed by atoms with Crippen LogP contribution in [0.5, 0.6) is 0 Å². The Morgan fingerprint density at radius 2 is 1.61 bits per heavy atom. The zero-order valence-electron chi connectivity index (χ0n) is 12.8. The van der Waals surface area contributed by atoms with Crippen molar-refractivity contribution < 1.29 is 15.0 Å². The van der Waals surface area contributed by atoms with Crippen molar-refractivity contribution >= 4 is 5.97 Å². The van der Waals surface area contributed by atoms with Crippen molar-refractivity contribution in [2.45, 2.75) is 73.1 Å². The molecule has 0 atom stereocenters. The van der Waals surface area contributed by atoms with E-state index >= 15 is 0 Å². The van der Waals surface area contributed by atoms with E-state index in [4.69, 9.17) is 10.2 Å². The molecule has 1 aliphatic rings. The normalized spacial score (nSPS) is 26.2. The zero-order chi connectivity index (χ0) is 14.6. The topological polar surface area (TPSA) is 57.5 Å². The third kappa shape index (κ3) is 8.51. The molecule has 0 spiro atoms. The van der Waals surface area contributed by atoms with Crippen LogP contribution in [0, 0.1) is 11.3 Å². The van der Waals surface area contributed by atoms with E-state index in [0.717, 1.165) is 25.7 Å². The van der Waals surface area contributed by atoms with Gasteiger partial charge in [0.25, 0.3) is 0 Å². The van der Waals surface area contributed by atoms with E-state index in [2.05, 4.69) is 13.8 Å². The van der Waals surface area contributed by atoms with Gasteiger partial charge < -0.3 is 10.2 Å². The first kappa shape index (κ1) is 19.8. The summed E-state index contributed by atoms with van der Waals surface area (Å²) in [6.07, 6.45) is 6.42. The van der Waals surface area contributed by atoms with Gasteiger partial charge in [-0.1, -0.05) is 34.1 Å². The van der Waals surface area contributed by atoms with E-state index in [1.807, 2.05) is 13.8 Å². The lowest BCUT2D eigenvalue weighted by atomic mass is 9.69. The summed E-state index contributed by atoms with van der Waals surface area (Å²) in [5.41, 5.74) is 0.431. The van der Waals surface area contributed by atoms with Gasteiger partial charge in [-0.25, -0.2) is 0 Å². The quantitative estimate of drug-likeness (QED) is 0.803. The van der Waals surface area contributed by atoms with E-state index < -0.39 is 5.97 Å². The Bertz CT molecular complexity index is 194. The highest BCUT2D eigenvalue weighted by molar-refractivity contribution is 5.70. The molecule has 0 bridgehead atoms. The van der Waals surface area contributed by atoms with Crippen LogP contribution in [0.15, 0.2) is 0 Å². The summed E-state index contributed by atoms with van der Waals surface area (Å²) in [5, 5.41) is 16.4. The molecule has 3 heteroatoms. The Kier molecular flexibility index (Phi) is 12.6. The highest BCUT2D eigenvalue weighted by atomic mass is 16.4. The number of aliphatic hydroxyl groups excluding tert-OH is 1. The van der Waals surface area contributed by atoms with Crippen LogP contribution >= 0.6 is 0 Å². The minimum Gasteiger partial charge on any atom is -0.481 e. The number of carboxylic acid groups (broad SMARTS) is 1. The predicted molar refractivity (Wildman–Crippen MR) is 76.7 cm³/mol. The van der Waals surface area contributed by atoms with Gasteiger partial charge in [-0.05, 0) is 44.4 Å². The van der Waals surface area contributed by atoms with E-state index in [1.54, 1.807) is 6.92 Å². The Hall–Kier alpha value is -0.570. The molecule has 0 saturated heterocycles. The van der Waals surface area contributed by atoms with Crippen molar-refractivity contribution in [3.8, 4) is 0 Å². The van der Waals surface area contributed by atoms with Crippen molar-refractivity contribution in [2.75, 3.05) is 6.61 Å². The molecule has 0 unspecified atom stereocenters. The second-order valence-electron chi connectivity index (χ2n) is 4.99. The van der Waals surface area contributed by atoms with Crippen molar-refractivity contribution in [2.24, 2.45) is 11.3 Å². The van der Waals surface area contributed by atoms with Crippen LogP contribution in [0.25, 0.3) is 0 Å². The summed E-state index contributed by atoms with van der Waals surface area (Å²) in [6, 6.07) is 0. The van der Waals surface area contributed by atoms with E-state index in [0.29, 0.717) is 5.41 Å². The summed E-state index contributed by atoms with van der Waals surface area (Å²) in [4.78, 5) is 10.7. The van der Waals surface area contributed by atoms with Gasteiger partial charge in [-0.15, -0.1) is 0 Å². The van der Waals surface area contributed by atoms with Gasteiger partial charge in [-0.3, -0.25) is 4.79 Å². The summed E-state index contributed by atoms with van der Waals surface area (Å²) < 4.78 is 0. The molecule has 0 radical (unpaired) electrons. The predicted octanol–water partition coefficient (Wildman–Crippen LogP) is 4.09. The first-order valence-corrected chi connectivity index (χ1v) is 7.32. The third-order valence-corrected chi connectivity index (χ3v) is 3.40. The first-order chi connectivity index (χ1) is 8.49. The van der Waals surface area contributed by atoms with Gasteiger partial charge in [0, 0.05) is 6.61 Å². The average molecular weight is 260 g/mol. The van der Waals surface area contributed by atoms with Crippen LogP contribution in [0.2, 0.25) is 0 Å². The van der Waals surface area contributed by atoms with Gasteiger partial charge in [0.2, 0.25) is 0 Å². The van der Waals surface area contributed by atoms with Crippen LogP contribution in [-0.2, 0) is 4.79 Å². The SMILES string of the molecule is CC.CCCC1(C)CCC(C(=O)O)CC1.CCO. The number of aliphatic hydroxyl groups is 1. The number of aliphatic carboxylic acids is 1. The Balaban J connectivity index is 0. The van der Waals surface area contributed by atoms with Gasteiger partial charge in [0.15, 0.2) is 0 Å². The number of rotatable bonds is 3. The molecule has 1 rings (SSSR count). The molecule has 0 aromatic heterocycles. The Morgan fingerprint density at radius 1 is 1.22 bits per heavy atom. The molecule has 0 aliphatic heterocycles. The molecule has 1 fully saturated rings. The van der Waals surface area contributed by atoms with Gasteiger partial charge in [0.1, 0.15) is 0 Å². The Morgan fingerprint density at radius 3 is 1.89 bits per heavy atom. The fourth-order valence-electron chi connectivity index (χ4n) is 2.42. The smallest absolute Gasteiger partial charge is 0.306 e. The van der Waals surface area contributed by atoms with Crippen LogP contribution < -0.4 is 0 Å². The zero-order valence-corrected chi connectivity index (χ0v) is 12.8. The maximum Gasteiger partial charge on any atom is 0.306 e. The van der Waals surface area contributed by atoms with Crippen molar-refractivity contribution in [3.63, 3.8) is 0 Å². The molecule has 110 valence electrons. The molecule has 0 aromatic carbocycles. The summed E-state index contributed by atoms with van der Waals surface area (Å²) in [5.74, 6) is -0.663. The lowest BCUT2D eigenvalue weighted by Gasteiger charge is -2.35. The molecule has 0 heterocycles. The van der Waals surface area contributed by atoms with Gasteiger partial charge >= 0.3 is 5.97 Å². The molecule has 3 nitrogen and oxygen atoms in total. The summed E-state index contributed by atoms with van der Waals surface area (Å²) >= 11 is 0. The monoisotopic (exact) mass is 260 g/mol. The van der Waals surface area contributed by atoms with Crippen molar-refractivity contribution in [1.82, 2.24) is 0 Å². The highest BCUT2D eigenvalue weighted by Gasteiger charge is 2.32. The van der Waals surface area contributed by atoms with Crippen molar-refractivity contribution in [1.29, 1.82) is 0 Å². The van der Waals surface area contributed by atoms with Crippen molar-refractivity contribution in [3.05, 3.63) is 0 Å². The van der Waals surface area contributed by atoms with Crippen LogP contribution in [0.4, 0.5) is 0 Å². The lowest BCUT2D eigenvalue weighted by molar-refractivity contribution is -0.143. The van der Waals surface area contributed by atoms with Crippen LogP contribution in [0.3, 0.4) is 0 Å². The summed E-state index contributed by atoms with van der Waals surface area (Å²) in [6.45, 7) is 10.4. The van der Waals surface area contributed by atoms with Gasteiger partial charge in [-0.2, -0.15) is 0 Å². The fraction of sp³-hybridized carbons (Fsp3) is 0.933. The molecule has 2 N–H and O–H groups in total. The van der Waals surface area contributed by atoms with Crippen LogP contribution in [-0.4, -0.2) is 22.8 Å². The van der Waals surface area contributed by atoms with E-state index in [1.165, 1.54) is 12.8 Å². The second kappa shape index (κ2) is 11.5. The lowest BCUT2D eigenvalue weighted by Crippen LogP contribution is -2.28. The molecular formula is C15H32O3. The van der Waals surface area contributed by atoms with E-state index in [-0.39, 0.29) is 12.5 Å². The summed E-state index contributed by atoms with van der Waals surface area (Å²) in [7, 11) is 0. The maximum atomic E-state index is 10.7. The first-order valence-electron chi connectivity index (χ1n) is 7.32. The third-order valence-electron chi connectivity index (χ3n) is 3.40. The number of carboxylic acids is 1. The fourth-order valence-corrected chi connectivity index (χ4v) is 2.42. The molecule has 1 aliphatic carbocycles. The number of hydrogen-bond acceptors (Lipinski definition) is 2. The average Bonchev–Trinajstić information content (AvgIpc) is 2.33. The molecular weight excluding hydrogens is 228 g/mol. The van der Waals surface area contributed by atoms with Gasteiger partial charge in [0.05, 0.1) is 5.92 Å². The molecule has 0 aromatic rings. The highest BCUT2D eigenvalue weighted by Crippen LogP contribution is 2.41. The van der Waals surface area contributed by atoms with E-state index in [9.17, 15) is 4.79 Å². The standard InChI is InChI=1S/C11H20O2.C2H6O.C2H6/c1-3-6-11(2)7-4-9(5-8-11)10(12)13;1-2-3;1-2/h9H,3-8H2,1-2H3,(H,12,13);3H,2H2,1H3;1-2H3. The molecule has 18 heavy (non-hydrogen) atoms. The minimum atomic E-state index is -0.599. The number of hydrogen-bond donors (Lipinski definition) is 2. The number of carbonyl (C=O) groups is 1. The largest absolute Gasteiger partial charge is 0.481 e. The minimum absolute atomic E-state index is 0.0649. The molecule has 1 saturated carbocycles. The Labute approximate surface area is 113 Å².